The normalized spacial score (nSPS) is 19.5. The standard InChI is InChI=1S/C30H42ClN7O4S/c1-18(2)17-43(39,40)29-26(15-38(5)36-29)33-28-24(31)14-32-30(35-28)34-25-11-19(3)23(13-27(25)42-22-7-8-22)20-9-10-37(4)21(12-20)16-41-6/h11,13-15,18,20-22H,7-10,12,16-17H2,1-6H3,(H2,32,33,34,35). The van der Waals surface area contributed by atoms with Crippen molar-refractivity contribution >= 4 is 44.6 Å². The van der Waals surface area contributed by atoms with E-state index in [2.05, 4.69) is 56.7 Å². The highest BCUT2D eigenvalue weighted by Gasteiger charge is 2.30. The SMILES string of the molecule is COCC1CC(c2cc(OC3CC3)c(Nc3ncc(Cl)c(Nc4cn(C)nc4S(=O)(=O)CC(C)C)n3)cc2C)CCN1C. The Bertz CT molecular complexity index is 1560. The van der Waals surface area contributed by atoms with Gasteiger partial charge in [-0.25, -0.2) is 13.4 Å². The van der Waals surface area contributed by atoms with Crippen molar-refractivity contribution in [3.63, 3.8) is 0 Å². The molecule has 234 valence electrons. The van der Waals surface area contributed by atoms with Gasteiger partial charge in [0, 0.05) is 26.4 Å². The maximum absolute atomic E-state index is 13.0. The molecule has 1 saturated heterocycles. The van der Waals surface area contributed by atoms with Crippen molar-refractivity contribution in [1.82, 2.24) is 24.6 Å². The van der Waals surface area contributed by atoms with Crippen LogP contribution in [0.5, 0.6) is 5.75 Å². The highest BCUT2D eigenvalue weighted by Crippen LogP contribution is 2.41. The molecule has 0 amide bonds. The van der Waals surface area contributed by atoms with E-state index in [0.29, 0.717) is 30.2 Å². The fourth-order valence-corrected chi connectivity index (χ4v) is 7.47. The molecule has 1 saturated carbocycles. The fourth-order valence-electron chi connectivity index (χ4n) is 5.61. The molecule has 1 aliphatic carbocycles. The molecule has 3 heterocycles. The zero-order valence-corrected chi connectivity index (χ0v) is 27.3. The second-order valence-corrected chi connectivity index (χ2v) is 14.5. The van der Waals surface area contributed by atoms with Crippen LogP contribution < -0.4 is 15.4 Å². The summed E-state index contributed by atoms with van der Waals surface area (Å²) in [6.07, 6.45) is 7.45. The Balaban J connectivity index is 1.42. The van der Waals surface area contributed by atoms with Crippen molar-refractivity contribution in [1.29, 1.82) is 0 Å². The molecule has 2 N–H and O–H groups in total. The molecule has 5 rings (SSSR count). The van der Waals surface area contributed by atoms with E-state index < -0.39 is 9.84 Å². The van der Waals surface area contributed by atoms with Crippen molar-refractivity contribution in [3.05, 3.63) is 40.7 Å². The third-order valence-electron chi connectivity index (χ3n) is 7.88. The minimum atomic E-state index is -3.62. The second-order valence-electron chi connectivity index (χ2n) is 12.2. The largest absolute Gasteiger partial charge is 0.488 e. The van der Waals surface area contributed by atoms with Crippen LogP contribution in [0, 0.1) is 12.8 Å². The van der Waals surface area contributed by atoms with Crippen LogP contribution in [0.25, 0.3) is 0 Å². The third-order valence-corrected chi connectivity index (χ3v) is 10.2. The molecule has 2 unspecified atom stereocenters. The summed E-state index contributed by atoms with van der Waals surface area (Å²) in [5.74, 6) is 1.68. The Hall–Kier alpha value is -2.93. The predicted molar refractivity (Wildman–Crippen MR) is 169 cm³/mol. The van der Waals surface area contributed by atoms with Gasteiger partial charge in [0.2, 0.25) is 11.0 Å². The molecular formula is C30H42ClN7O4S. The van der Waals surface area contributed by atoms with Crippen molar-refractivity contribution < 1.29 is 17.9 Å². The number of aromatic nitrogens is 4. The summed E-state index contributed by atoms with van der Waals surface area (Å²) >= 11 is 6.46. The molecule has 1 aliphatic heterocycles. The second kappa shape index (κ2) is 13.0. The fraction of sp³-hybridized carbons (Fsp3) is 0.567. The summed E-state index contributed by atoms with van der Waals surface area (Å²) in [6, 6.07) is 4.65. The molecule has 13 heteroatoms. The summed E-state index contributed by atoms with van der Waals surface area (Å²) < 4.78 is 39.4. The molecule has 2 aliphatic rings. The van der Waals surface area contributed by atoms with Crippen LogP contribution >= 0.6 is 11.6 Å². The third kappa shape index (κ3) is 7.60. The number of hydrogen-bond donors (Lipinski definition) is 2. The van der Waals surface area contributed by atoms with E-state index in [-0.39, 0.29) is 33.6 Å². The number of benzene rings is 1. The lowest BCUT2D eigenvalue weighted by molar-refractivity contribution is 0.0750. The number of likely N-dealkylation sites (N-methyl/N-ethyl adjacent to an activating group) is 1. The highest BCUT2D eigenvalue weighted by molar-refractivity contribution is 7.91. The monoisotopic (exact) mass is 631 g/mol. The highest BCUT2D eigenvalue weighted by atomic mass is 35.5. The first kappa shape index (κ1) is 31.5. The number of rotatable bonds is 12. The Morgan fingerprint density at radius 2 is 1.91 bits per heavy atom. The zero-order chi connectivity index (χ0) is 30.9. The van der Waals surface area contributed by atoms with Crippen LogP contribution in [-0.2, 0) is 21.6 Å². The average molecular weight is 632 g/mol. The number of likely N-dealkylation sites (tertiary alicyclic amines) is 1. The summed E-state index contributed by atoms with van der Waals surface area (Å²) in [5, 5.41) is 10.8. The number of aryl methyl sites for hydroxylation is 2. The summed E-state index contributed by atoms with van der Waals surface area (Å²) in [6.45, 7) is 7.57. The van der Waals surface area contributed by atoms with Crippen molar-refractivity contribution in [3.8, 4) is 5.75 Å². The average Bonchev–Trinajstić information content (AvgIpc) is 3.67. The van der Waals surface area contributed by atoms with Crippen LogP contribution in [0.3, 0.4) is 0 Å². The lowest BCUT2D eigenvalue weighted by atomic mass is 9.83. The van der Waals surface area contributed by atoms with Crippen LogP contribution in [0.2, 0.25) is 5.02 Å². The van der Waals surface area contributed by atoms with Crippen LogP contribution in [0.1, 0.15) is 56.6 Å². The van der Waals surface area contributed by atoms with Crippen LogP contribution in [0.4, 0.5) is 23.1 Å². The van der Waals surface area contributed by atoms with Crippen molar-refractivity contribution in [2.24, 2.45) is 13.0 Å². The first-order valence-electron chi connectivity index (χ1n) is 14.8. The first-order valence-corrected chi connectivity index (χ1v) is 16.8. The maximum Gasteiger partial charge on any atom is 0.229 e. The Morgan fingerprint density at radius 3 is 2.60 bits per heavy atom. The molecule has 1 aromatic carbocycles. The minimum absolute atomic E-state index is 0.0211. The van der Waals surface area contributed by atoms with Gasteiger partial charge < -0.3 is 25.0 Å². The number of nitrogens with one attached hydrogen (secondary N) is 2. The molecule has 3 aromatic rings. The molecule has 0 radical (unpaired) electrons. The van der Waals surface area contributed by atoms with Gasteiger partial charge in [0.1, 0.15) is 10.8 Å². The van der Waals surface area contributed by atoms with Gasteiger partial charge in [-0.15, -0.1) is 0 Å². The molecule has 2 atom stereocenters. The van der Waals surface area contributed by atoms with Gasteiger partial charge >= 0.3 is 0 Å². The quantitative estimate of drug-likeness (QED) is 0.266. The molecule has 0 spiro atoms. The summed E-state index contributed by atoms with van der Waals surface area (Å²) in [4.78, 5) is 11.4. The number of sulfone groups is 1. The van der Waals surface area contributed by atoms with Crippen LogP contribution in [0.15, 0.2) is 29.6 Å². The van der Waals surface area contributed by atoms with Gasteiger partial charge in [-0.1, -0.05) is 25.4 Å². The Labute approximate surface area is 259 Å². The maximum atomic E-state index is 13.0. The minimum Gasteiger partial charge on any atom is -0.488 e. The summed E-state index contributed by atoms with van der Waals surface area (Å²) in [5.41, 5.74) is 3.53. The first-order chi connectivity index (χ1) is 20.4. The van der Waals surface area contributed by atoms with E-state index >= 15 is 0 Å². The number of halogens is 1. The summed E-state index contributed by atoms with van der Waals surface area (Å²) in [7, 11) is 1.97. The molecule has 0 bridgehead atoms. The Morgan fingerprint density at radius 1 is 1.14 bits per heavy atom. The van der Waals surface area contributed by atoms with Gasteiger partial charge in [0.15, 0.2) is 15.7 Å². The van der Waals surface area contributed by atoms with E-state index in [4.69, 9.17) is 21.1 Å². The van der Waals surface area contributed by atoms with Crippen molar-refractivity contribution in [2.45, 2.75) is 69.5 Å². The van der Waals surface area contributed by atoms with Gasteiger partial charge in [-0.3, -0.25) is 4.68 Å². The lowest BCUT2D eigenvalue weighted by Gasteiger charge is -2.37. The van der Waals surface area contributed by atoms with Gasteiger partial charge in [-0.2, -0.15) is 10.1 Å². The molecule has 11 nitrogen and oxygen atoms in total. The molecule has 2 aromatic heterocycles. The predicted octanol–water partition coefficient (Wildman–Crippen LogP) is 5.45. The van der Waals surface area contributed by atoms with Gasteiger partial charge in [0.25, 0.3) is 0 Å². The topological polar surface area (TPSA) is 124 Å². The van der Waals surface area contributed by atoms with E-state index in [1.807, 2.05) is 13.8 Å². The number of methoxy groups -OCH3 is 1. The Kier molecular flexibility index (Phi) is 9.50. The van der Waals surface area contributed by atoms with E-state index in [9.17, 15) is 8.42 Å². The number of ether oxygens (including phenoxy) is 2. The van der Waals surface area contributed by atoms with E-state index in [1.54, 1.807) is 20.4 Å². The lowest BCUT2D eigenvalue weighted by Crippen LogP contribution is -2.41. The zero-order valence-electron chi connectivity index (χ0n) is 25.7. The molecule has 43 heavy (non-hydrogen) atoms. The molecule has 2 fully saturated rings. The van der Waals surface area contributed by atoms with E-state index in [0.717, 1.165) is 43.7 Å². The smallest absolute Gasteiger partial charge is 0.229 e. The van der Waals surface area contributed by atoms with E-state index in [1.165, 1.54) is 22.0 Å². The van der Waals surface area contributed by atoms with Gasteiger partial charge in [0.05, 0.1) is 36.0 Å². The number of piperidine rings is 1. The van der Waals surface area contributed by atoms with Crippen molar-refractivity contribution in [2.75, 3.05) is 43.7 Å². The number of nitrogens with zero attached hydrogens (tertiary/aromatic N) is 5. The van der Waals surface area contributed by atoms with Gasteiger partial charge in [-0.05, 0) is 81.3 Å². The molecular weight excluding hydrogens is 590 g/mol. The number of hydrogen-bond acceptors (Lipinski definition) is 10. The van der Waals surface area contributed by atoms with Crippen LogP contribution in [-0.4, -0.2) is 78.3 Å². The number of anilines is 4.